The summed E-state index contributed by atoms with van der Waals surface area (Å²) in [5, 5.41) is 0.849. The zero-order chi connectivity index (χ0) is 19.5. The van der Waals surface area contributed by atoms with E-state index in [2.05, 4.69) is 0 Å². The Balaban J connectivity index is 1.39. The first-order valence-electron chi connectivity index (χ1n) is 8.38. The van der Waals surface area contributed by atoms with E-state index in [-0.39, 0.29) is 19.2 Å². The molecule has 0 spiro atoms. The van der Waals surface area contributed by atoms with E-state index in [1.807, 2.05) is 0 Å². The molecular weight excluding hydrogens is 403 g/mol. The van der Waals surface area contributed by atoms with Crippen LogP contribution in [-0.4, -0.2) is 12.6 Å². The number of carbonyl (C=O) groups is 1. The van der Waals surface area contributed by atoms with Crippen molar-refractivity contribution in [1.29, 1.82) is 0 Å². The summed E-state index contributed by atoms with van der Waals surface area (Å²) in [5.41, 5.74) is 0.504. The first-order valence-corrected chi connectivity index (χ1v) is 9.13. The predicted octanol–water partition coefficient (Wildman–Crippen LogP) is 5.79. The molecule has 0 saturated heterocycles. The van der Waals surface area contributed by atoms with E-state index in [1.54, 1.807) is 54.6 Å². The van der Waals surface area contributed by atoms with E-state index >= 15 is 0 Å². The molecular formula is C21H14Cl2O5. The minimum absolute atomic E-state index is 0.160. The summed E-state index contributed by atoms with van der Waals surface area (Å²) in [7, 11) is 0. The van der Waals surface area contributed by atoms with Gasteiger partial charge in [0.15, 0.2) is 23.0 Å². The standard InChI is InChI=1S/C21H14Cl2O5/c22-16-2-1-3-17(23)21(16)25-11-15-6-5-14(28-15)7-8-18(24)13-4-9-19-20(10-13)27-12-26-19/h1-10H,11-12H2/b8-7+. The molecule has 1 aromatic heterocycles. The number of rotatable bonds is 6. The number of fused-ring (bicyclic) bond motifs is 1. The highest BCUT2D eigenvalue weighted by molar-refractivity contribution is 6.37. The Bertz CT molecular complexity index is 1030. The molecule has 2 heterocycles. The van der Waals surface area contributed by atoms with Crippen LogP contribution in [0.1, 0.15) is 21.9 Å². The van der Waals surface area contributed by atoms with Crippen LogP contribution in [0.4, 0.5) is 0 Å². The molecule has 1 aliphatic heterocycles. The first kappa shape index (κ1) is 18.5. The fourth-order valence-corrected chi connectivity index (χ4v) is 3.14. The fraction of sp³-hybridized carbons (Fsp3) is 0.0952. The van der Waals surface area contributed by atoms with Gasteiger partial charge >= 0.3 is 0 Å². The maximum atomic E-state index is 12.3. The molecule has 0 amide bonds. The van der Waals surface area contributed by atoms with Gasteiger partial charge in [-0.15, -0.1) is 0 Å². The molecule has 0 radical (unpaired) electrons. The second-order valence-electron chi connectivity index (χ2n) is 5.91. The Kier molecular flexibility index (Phi) is 5.28. The number of hydrogen-bond donors (Lipinski definition) is 0. The summed E-state index contributed by atoms with van der Waals surface area (Å²) in [6, 6.07) is 13.7. The highest BCUT2D eigenvalue weighted by Gasteiger charge is 2.15. The van der Waals surface area contributed by atoms with Crippen molar-refractivity contribution in [1.82, 2.24) is 0 Å². The smallest absolute Gasteiger partial charge is 0.231 e. The van der Waals surface area contributed by atoms with Crippen molar-refractivity contribution in [3.05, 3.63) is 81.7 Å². The number of furan rings is 1. The van der Waals surface area contributed by atoms with Crippen molar-refractivity contribution in [3.63, 3.8) is 0 Å². The van der Waals surface area contributed by atoms with Gasteiger partial charge in [0.2, 0.25) is 6.79 Å². The molecule has 5 nitrogen and oxygen atoms in total. The first-order chi connectivity index (χ1) is 13.6. The molecule has 0 aliphatic carbocycles. The number of hydrogen-bond acceptors (Lipinski definition) is 5. The predicted molar refractivity (Wildman–Crippen MR) is 105 cm³/mol. The molecule has 0 bridgehead atoms. The number of benzene rings is 2. The van der Waals surface area contributed by atoms with Crippen LogP contribution in [0.2, 0.25) is 10.0 Å². The fourth-order valence-electron chi connectivity index (χ4n) is 2.63. The Labute approximate surface area is 171 Å². The average Bonchev–Trinajstić information content (AvgIpc) is 3.34. The lowest BCUT2D eigenvalue weighted by Crippen LogP contribution is -1.95. The normalized spacial score (nSPS) is 12.5. The quantitative estimate of drug-likeness (QED) is 0.375. The summed E-state index contributed by atoms with van der Waals surface area (Å²) in [4.78, 5) is 12.3. The van der Waals surface area contributed by atoms with E-state index in [1.165, 1.54) is 6.08 Å². The zero-order valence-electron chi connectivity index (χ0n) is 14.5. The van der Waals surface area contributed by atoms with Gasteiger partial charge in [-0.25, -0.2) is 0 Å². The van der Waals surface area contributed by atoms with Crippen LogP contribution in [0.15, 0.2) is 59.0 Å². The van der Waals surface area contributed by atoms with Gasteiger partial charge in [0, 0.05) is 5.56 Å². The lowest BCUT2D eigenvalue weighted by Gasteiger charge is -2.07. The maximum absolute atomic E-state index is 12.3. The van der Waals surface area contributed by atoms with Gasteiger partial charge < -0.3 is 18.6 Å². The monoisotopic (exact) mass is 416 g/mol. The molecule has 0 saturated carbocycles. The van der Waals surface area contributed by atoms with Gasteiger partial charge in [0.05, 0.1) is 10.0 Å². The largest absolute Gasteiger partial charge is 0.483 e. The van der Waals surface area contributed by atoms with E-state index < -0.39 is 0 Å². The van der Waals surface area contributed by atoms with E-state index in [0.29, 0.717) is 44.4 Å². The summed E-state index contributed by atoms with van der Waals surface area (Å²) >= 11 is 12.1. The lowest BCUT2D eigenvalue weighted by atomic mass is 10.1. The van der Waals surface area contributed by atoms with Crippen LogP contribution in [-0.2, 0) is 6.61 Å². The molecule has 1 aliphatic rings. The van der Waals surface area contributed by atoms with Crippen LogP contribution in [0.5, 0.6) is 17.2 Å². The van der Waals surface area contributed by atoms with Gasteiger partial charge in [0.25, 0.3) is 0 Å². The zero-order valence-corrected chi connectivity index (χ0v) is 16.0. The molecule has 0 unspecified atom stereocenters. The van der Waals surface area contributed by atoms with Crippen molar-refractivity contribution in [3.8, 4) is 17.2 Å². The SMILES string of the molecule is O=C(/C=C/c1ccc(COc2c(Cl)cccc2Cl)o1)c1ccc2c(c1)OCO2. The summed E-state index contributed by atoms with van der Waals surface area (Å²) < 4.78 is 21.8. The number of ketones is 1. The van der Waals surface area contributed by atoms with Crippen molar-refractivity contribution in [2.75, 3.05) is 6.79 Å². The Hall–Kier alpha value is -2.89. The van der Waals surface area contributed by atoms with Crippen LogP contribution >= 0.6 is 23.2 Å². The van der Waals surface area contributed by atoms with Gasteiger partial charge in [-0.05, 0) is 54.6 Å². The Morgan fingerprint density at radius 2 is 1.82 bits per heavy atom. The van der Waals surface area contributed by atoms with Gasteiger partial charge in [0.1, 0.15) is 18.1 Å². The number of carbonyl (C=O) groups excluding carboxylic acids is 1. The van der Waals surface area contributed by atoms with Crippen molar-refractivity contribution < 1.29 is 23.4 Å². The highest BCUT2D eigenvalue weighted by Crippen LogP contribution is 2.34. The maximum Gasteiger partial charge on any atom is 0.231 e. The number of halogens is 2. The second-order valence-corrected chi connectivity index (χ2v) is 6.72. The lowest BCUT2D eigenvalue weighted by molar-refractivity contribution is 0.104. The molecule has 4 rings (SSSR count). The third-order valence-corrected chi connectivity index (χ3v) is 4.61. The van der Waals surface area contributed by atoms with Crippen LogP contribution in [0.25, 0.3) is 6.08 Å². The van der Waals surface area contributed by atoms with Gasteiger partial charge in [-0.3, -0.25) is 4.79 Å². The Morgan fingerprint density at radius 1 is 1.04 bits per heavy atom. The van der Waals surface area contributed by atoms with E-state index in [9.17, 15) is 4.79 Å². The molecule has 7 heteroatoms. The second kappa shape index (κ2) is 8.00. The molecule has 142 valence electrons. The van der Waals surface area contributed by atoms with Gasteiger partial charge in [-0.2, -0.15) is 0 Å². The molecule has 0 atom stereocenters. The van der Waals surface area contributed by atoms with Gasteiger partial charge in [-0.1, -0.05) is 29.3 Å². The summed E-state index contributed by atoms with van der Waals surface area (Å²) in [6.45, 7) is 0.326. The molecule has 28 heavy (non-hydrogen) atoms. The minimum Gasteiger partial charge on any atom is -0.483 e. The number of para-hydroxylation sites is 1. The molecule has 0 N–H and O–H groups in total. The third-order valence-electron chi connectivity index (χ3n) is 4.02. The molecule has 2 aromatic carbocycles. The van der Waals surface area contributed by atoms with Crippen molar-refractivity contribution >= 4 is 35.1 Å². The molecule has 0 fully saturated rings. The van der Waals surface area contributed by atoms with Crippen molar-refractivity contribution in [2.24, 2.45) is 0 Å². The highest BCUT2D eigenvalue weighted by atomic mass is 35.5. The molecule has 3 aromatic rings. The van der Waals surface area contributed by atoms with Crippen LogP contribution < -0.4 is 14.2 Å². The Morgan fingerprint density at radius 3 is 2.64 bits per heavy atom. The summed E-state index contributed by atoms with van der Waals surface area (Å²) in [5.74, 6) is 2.53. The third kappa shape index (κ3) is 4.01. The van der Waals surface area contributed by atoms with E-state index in [4.69, 9.17) is 41.8 Å². The van der Waals surface area contributed by atoms with E-state index in [0.717, 1.165) is 0 Å². The minimum atomic E-state index is -0.171. The topological polar surface area (TPSA) is 57.9 Å². The van der Waals surface area contributed by atoms with Crippen molar-refractivity contribution in [2.45, 2.75) is 6.61 Å². The van der Waals surface area contributed by atoms with Crippen LogP contribution in [0.3, 0.4) is 0 Å². The average molecular weight is 417 g/mol. The summed E-state index contributed by atoms with van der Waals surface area (Å²) in [6.07, 6.45) is 3.03. The number of ether oxygens (including phenoxy) is 3. The number of allylic oxidation sites excluding steroid dienone is 1. The van der Waals surface area contributed by atoms with Crippen LogP contribution in [0, 0.1) is 0 Å².